The predicted molar refractivity (Wildman–Crippen MR) is 69.3 cm³/mol. The molecule has 0 atom stereocenters. The summed E-state index contributed by atoms with van der Waals surface area (Å²) in [7, 11) is 0. The monoisotopic (exact) mass is 332 g/mol. The molecule has 16 heavy (non-hydrogen) atoms. The molecule has 0 aliphatic heterocycles. The first-order valence-corrected chi connectivity index (χ1v) is 6.44. The first kappa shape index (κ1) is 11.7. The highest BCUT2D eigenvalue weighted by molar-refractivity contribution is 14.1. The van der Waals surface area contributed by atoms with E-state index in [-0.39, 0.29) is 15.6 Å². The lowest BCUT2D eigenvalue weighted by atomic mass is 10.2. The van der Waals surface area contributed by atoms with Gasteiger partial charge < -0.3 is 9.84 Å². The van der Waals surface area contributed by atoms with Gasteiger partial charge in [0.1, 0.15) is 0 Å². The molecule has 1 aromatic rings. The number of phenols is 1. The molecular weight excluding hydrogens is 319 g/mol. The van der Waals surface area contributed by atoms with Crippen molar-refractivity contribution in [1.82, 2.24) is 0 Å². The van der Waals surface area contributed by atoms with Gasteiger partial charge in [-0.15, -0.1) is 0 Å². The molecule has 86 valence electrons. The number of hydrogen-bond donors (Lipinski definition) is 1. The van der Waals surface area contributed by atoms with Crippen LogP contribution in [0.2, 0.25) is 0 Å². The molecule has 3 nitrogen and oxygen atoms in total. The first-order valence-electron chi connectivity index (χ1n) is 5.36. The minimum Gasteiger partial charge on any atom is -0.504 e. The molecule has 0 bridgehead atoms. The summed E-state index contributed by atoms with van der Waals surface area (Å²) in [5.74, 6) is 0.530. The molecule has 0 aromatic heterocycles. The van der Waals surface area contributed by atoms with Gasteiger partial charge in [0.2, 0.25) is 3.79 Å². The van der Waals surface area contributed by atoms with Gasteiger partial charge >= 0.3 is 0 Å². The molecule has 0 saturated heterocycles. The highest BCUT2D eigenvalue weighted by atomic mass is 127. The van der Waals surface area contributed by atoms with Gasteiger partial charge in [0.25, 0.3) is 0 Å². The van der Waals surface area contributed by atoms with Crippen molar-refractivity contribution in [3.05, 3.63) is 23.8 Å². The van der Waals surface area contributed by atoms with E-state index in [2.05, 4.69) is 0 Å². The topological polar surface area (TPSA) is 46.5 Å². The van der Waals surface area contributed by atoms with Crippen molar-refractivity contribution < 1.29 is 14.6 Å². The SMILES string of the molecule is O=C(I)c1ccc(O)c(OC2CCCC2)c1. The molecule has 0 amide bonds. The van der Waals surface area contributed by atoms with Gasteiger partial charge in [-0.2, -0.15) is 0 Å². The molecule has 4 heteroatoms. The van der Waals surface area contributed by atoms with E-state index in [1.807, 2.05) is 0 Å². The van der Waals surface area contributed by atoms with Crippen molar-refractivity contribution in [2.45, 2.75) is 31.8 Å². The summed E-state index contributed by atoms with van der Waals surface area (Å²) in [4.78, 5) is 11.2. The van der Waals surface area contributed by atoms with Crippen molar-refractivity contribution in [3.63, 3.8) is 0 Å². The number of halogens is 1. The van der Waals surface area contributed by atoms with Crippen LogP contribution in [-0.2, 0) is 0 Å². The van der Waals surface area contributed by atoms with Crippen LogP contribution in [0.15, 0.2) is 18.2 Å². The van der Waals surface area contributed by atoms with Crippen molar-refractivity contribution in [3.8, 4) is 11.5 Å². The van der Waals surface area contributed by atoms with Gasteiger partial charge in [-0.25, -0.2) is 0 Å². The normalized spacial score (nSPS) is 16.3. The number of ether oxygens (including phenoxy) is 1. The quantitative estimate of drug-likeness (QED) is 0.682. The fourth-order valence-electron chi connectivity index (χ4n) is 1.92. The molecule has 2 rings (SSSR count). The van der Waals surface area contributed by atoms with Crippen LogP contribution < -0.4 is 4.74 Å². The van der Waals surface area contributed by atoms with Crippen LogP contribution in [0.3, 0.4) is 0 Å². The summed E-state index contributed by atoms with van der Waals surface area (Å²) in [5, 5.41) is 9.64. The Labute approximate surface area is 108 Å². The second kappa shape index (κ2) is 5.03. The van der Waals surface area contributed by atoms with Crippen LogP contribution in [0.4, 0.5) is 0 Å². The Morgan fingerprint density at radius 2 is 2.06 bits per heavy atom. The molecule has 1 fully saturated rings. The third-order valence-corrected chi connectivity index (χ3v) is 3.41. The average Bonchev–Trinajstić information content (AvgIpc) is 2.73. The Morgan fingerprint density at radius 1 is 1.38 bits per heavy atom. The van der Waals surface area contributed by atoms with Crippen LogP contribution in [0.25, 0.3) is 0 Å². The number of hydrogen-bond acceptors (Lipinski definition) is 3. The second-order valence-electron chi connectivity index (χ2n) is 3.98. The smallest absolute Gasteiger partial charge is 0.222 e. The highest BCUT2D eigenvalue weighted by Gasteiger charge is 2.18. The minimum absolute atomic E-state index is 0.0473. The maximum absolute atomic E-state index is 11.2. The van der Waals surface area contributed by atoms with Crippen molar-refractivity contribution in [2.24, 2.45) is 0 Å². The number of carbonyl (C=O) groups is 1. The zero-order chi connectivity index (χ0) is 11.5. The van der Waals surface area contributed by atoms with E-state index in [9.17, 15) is 9.90 Å². The van der Waals surface area contributed by atoms with Crippen molar-refractivity contribution in [2.75, 3.05) is 0 Å². The van der Waals surface area contributed by atoms with Crippen LogP contribution in [0.5, 0.6) is 11.5 Å². The highest BCUT2D eigenvalue weighted by Crippen LogP contribution is 2.32. The van der Waals surface area contributed by atoms with Crippen molar-refractivity contribution >= 4 is 26.4 Å². The molecule has 1 aliphatic carbocycles. The number of benzene rings is 1. The van der Waals surface area contributed by atoms with Gasteiger partial charge in [0.15, 0.2) is 11.5 Å². The number of aromatic hydroxyl groups is 1. The van der Waals surface area contributed by atoms with Crippen LogP contribution in [-0.4, -0.2) is 15.0 Å². The van der Waals surface area contributed by atoms with Crippen LogP contribution in [0.1, 0.15) is 36.0 Å². The van der Waals surface area contributed by atoms with Gasteiger partial charge in [-0.05, 0) is 43.9 Å². The van der Waals surface area contributed by atoms with E-state index in [1.54, 1.807) is 34.7 Å². The van der Waals surface area contributed by atoms with E-state index < -0.39 is 0 Å². The maximum Gasteiger partial charge on any atom is 0.222 e. The maximum atomic E-state index is 11.2. The van der Waals surface area contributed by atoms with Crippen LogP contribution >= 0.6 is 22.6 Å². The summed E-state index contributed by atoms with van der Waals surface area (Å²) in [6, 6.07) is 4.73. The second-order valence-corrected chi connectivity index (χ2v) is 4.96. The van der Waals surface area contributed by atoms with Gasteiger partial charge in [-0.3, -0.25) is 4.79 Å². The zero-order valence-corrected chi connectivity index (χ0v) is 10.9. The molecular formula is C12H13IO3. The third-order valence-electron chi connectivity index (χ3n) is 2.78. The fourth-order valence-corrected chi connectivity index (χ4v) is 2.25. The molecule has 0 heterocycles. The molecule has 1 aromatic carbocycles. The first-order chi connectivity index (χ1) is 7.66. The largest absolute Gasteiger partial charge is 0.504 e. The standard InChI is InChI=1S/C12H13IO3/c13-12(15)8-5-6-10(14)11(7-8)16-9-3-1-2-4-9/h5-7,9,14H,1-4H2. The molecule has 0 spiro atoms. The summed E-state index contributed by atoms with van der Waals surface area (Å²) in [6.07, 6.45) is 4.60. The van der Waals surface area contributed by atoms with E-state index in [0.717, 1.165) is 12.8 Å². The van der Waals surface area contributed by atoms with Crippen molar-refractivity contribution in [1.29, 1.82) is 0 Å². The molecule has 0 unspecified atom stereocenters. The summed E-state index contributed by atoms with van der Waals surface area (Å²) >= 11 is 1.73. The Morgan fingerprint density at radius 3 is 2.69 bits per heavy atom. The van der Waals surface area contributed by atoms with E-state index in [4.69, 9.17) is 4.74 Å². The zero-order valence-electron chi connectivity index (χ0n) is 8.78. The summed E-state index contributed by atoms with van der Waals surface area (Å²) < 4.78 is 5.64. The number of phenolic OH excluding ortho intramolecular Hbond substituents is 1. The minimum atomic E-state index is -0.0473. The summed E-state index contributed by atoms with van der Waals surface area (Å²) in [5.41, 5.74) is 0.561. The van der Waals surface area contributed by atoms with E-state index in [1.165, 1.54) is 18.9 Å². The summed E-state index contributed by atoms with van der Waals surface area (Å²) in [6.45, 7) is 0. The fraction of sp³-hybridized carbons (Fsp3) is 0.417. The average molecular weight is 332 g/mol. The number of rotatable bonds is 3. The lowest BCUT2D eigenvalue weighted by molar-refractivity contribution is 0.110. The Bertz CT molecular complexity index is 397. The van der Waals surface area contributed by atoms with Gasteiger partial charge in [0.05, 0.1) is 6.10 Å². The number of carbonyl (C=O) groups excluding carboxylic acids is 1. The molecule has 1 saturated carbocycles. The molecule has 0 radical (unpaired) electrons. The molecule has 1 N–H and O–H groups in total. The Hall–Kier alpha value is -0.780. The lowest BCUT2D eigenvalue weighted by Crippen LogP contribution is -2.11. The van der Waals surface area contributed by atoms with Crippen LogP contribution in [0, 0.1) is 0 Å². The van der Waals surface area contributed by atoms with E-state index >= 15 is 0 Å². The predicted octanol–water partition coefficient (Wildman–Crippen LogP) is 3.29. The Kier molecular flexibility index (Phi) is 3.68. The lowest BCUT2D eigenvalue weighted by Gasteiger charge is -2.14. The van der Waals surface area contributed by atoms with Gasteiger partial charge in [0, 0.05) is 28.2 Å². The van der Waals surface area contributed by atoms with E-state index in [0.29, 0.717) is 11.3 Å². The molecule has 1 aliphatic rings. The van der Waals surface area contributed by atoms with Gasteiger partial charge in [-0.1, -0.05) is 0 Å². The third kappa shape index (κ3) is 2.66. The Balaban J connectivity index is 2.17.